The Morgan fingerprint density at radius 2 is 1.46 bits per heavy atom. The molecule has 39 heavy (non-hydrogen) atoms. The Bertz CT molecular complexity index is 1540. The molecule has 1 saturated heterocycles. The highest BCUT2D eigenvalue weighted by atomic mass is 16.7. The van der Waals surface area contributed by atoms with Gasteiger partial charge in [0.15, 0.2) is 30.3 Å². The van der Waals surface area contributed by atoms with Gasteiger partial charge < -0.3 is 28.6 Å². The van der Waals surface area contributed by atoms with E-state index >= 15 is 0 Å². The molecule has 0 radical (unpaired) electrons. The number of aromatic nitrogens is 1. The van der Waals surface area contributed by atoms with Crippen LogP contribution < -0.4 is 0 Å². The summed E-state index contributed by atoms with van der Waals surface area (Å²) in [5.41, 5.74) is 1.26. The number of Topliss-reactive ketones (excluding diaryl/α,β-unsaturated/α-hetero) is 1. The van der Waals surface area contributed by atoms with Crippen molar-refractivity contribution in [3.8, 4) is 5.75 Å². The molecule has 0 amide bonds. The minimum atomic E-state index is -1.33. The van der Waals surface area contributed by atoms with E-state index in [2.05, 4.69) is 4.99 Å². The van der Waals surface area contributed by atoms with E-state index in [0.29, 0.717) is 22.2 Å². The van der Waals surface area contributed by atoms with Gasteiger partial charge in [0.25, 0.3) is 0 Å². The fraction of sp³-hybridized carbons (Fsp3) is 0.321. The minimum absolute atomic E-state index is 0.0335. The van der Waals surface area contributed by atoms with E-state index in [1.165, 1.54) is 25.3 Å². The number of nitrogens with zero attached hydrogens (tertiary/aromatic N) is 2. The van der Waals surface area contributed by atoms with Crippen LogP contribution in [0.5, 0.6) is 5.75 Å². The minimum Gasteiger partial charge on any atom is -0.505 e. The lowest BCUT2D eigenvalue weighted by molar-refractivity contribution is -0.258. The summed E-state index contributed by atoms with van der Waals surface area (Å²) in [7, 11) is 0. The quantitative estimate of drug-likeness (QED) is 0.385. The van der Waals surface area contributed by atoms with Crippen molar-refractivity contribution in [1.29, 1.82) is 0 Å². The molecule has 0 aliphatic carbocycles. The van der Waals surface area contributed by atoms with Gasteiger partial charge in [-0.25, -0.2) is 4.99 Å². The summed E-state index contributed by atoms with van der Waals surface area (Å²) >= 11 is 0. The van der Waals surface area contributed by atoms with E-state index in [-0.39, 0.29) is 17.2 Å². The second-order valence-electron chi connectivity index (χ2n) is 9.34. The molecule has 0 bridgehead atoms. The molecule has 202 valence electrons. The number of hydrogen-bond donors (Lipinski definition) is 1. The lowest BCUT2D eigenvalue weighted by Crippen LogP contribution is -2.58. The van der Waals surface area contributed by atoms with Crippen LogP contribution in [0.25, 0.3) is 10.9 Å². The third kappa shape index (κ3) is 4.54. The number of hydrogen-bond acceptors (Lipinski definition) is 10. The highest BCUT2D eigenvalue weighted by Gasteiger charge is 2.52. The van der Waals surface area contributed by atoms with Gasteiger partial charge in [-0.2, -0.15) is 0 Å². The highest BCUT2D eigenvalue weighted by Crippen LogP contribution is 2.43. The Morgan fingerprint density at radius 3 is 2.13 bits per heavy atom. The van der Waals surface area contributed by atoms with Gasteiger partial charge in [0.2, 0.25) is 5.78 Å². The van der Waals surface area contributed by atoms with Gasteiger partial charge in [-0.3, -0.25) is 19.2 Å². The predicted molar refractivity (Wildman–Crippen MR) is 137 cm³/mol. The molecule has 2 aliphatic rings. The van der Waals surface area contributed by atoms with Crippen molar-refractivity contribution in [2.45, 2.75) is 58.3 Å². The average Bonchev–Trinajstić information content (AvgIpc) is 3.36. The lowest BCUT2D eigenvalue weighted by atomic mass is 9.97. The number of para-hydroxylation sites is 2. The van der Waals surface area contributed by atoms with Gasteiger partial charge >= 0.3 is 17.9 Å². The number of benzene rings is 2. The SMILES string of the molecule is CC(=O)O[C@@H]1[C@@H](OC(C)=O)[C@H](C)O[C@H](n2c(C3=Nc4ccccc4C3=O)c(O)c3ccccc32)[C@@H]1OC(C)=O. The second-order valence-corrected chi connectivity index (χ2v) is 9.34. The van der Waals surface area contributed by atoms with Crippen molar-refractivity contribution in [3.63, 3.8) is 0 Å². The van der Waals surface area contributed by atoms with Crippen molar-refractivity contribution in [2.24, 2.45) is 4.99 Å². The molecule has 2 aliphatic heterocycles. The number of rotatable bonds is 5. The van der Waals surface area contributed by atoms with Gasteiger partial charge in [-0.05, 0) is 31.2 Å². The Kier molecular flexibility index (Phi) is 6.69. The van der Waals surface area contributed by atoms with Crippen LogP contribution in [0.4, 0.5) is 5.69 Å². The van der Waals surface area contributed by atoms with Crippen molar-refractivity contribution in [2.75, 3.05) is 0 Å². The first kappa shape index (κ1) is 26.1. The molecule has 5 atom stereocenters. The summed E-state index contributed by atoms with van der Waals surface area (Å²) in [6.07, 6.45) is -5.79. The highest BCUT2D eigenvalue weighted by molar-refractivity contribution is 6.55. The van der Waals surface area contributed by atoms with E-state index in [4.69, 9.17) is 18.9 Å². The summed E-state index contributed by atoms with van der Waals surface area (Å²) in [6.45, 7) is 5.16. The van der Waals surface area contributed by atoms with Crippen LogP contribution in [0.15, 0.2) is 53.5 Å². The second kappa shape index (κ2) is 9.99. The zero-order chi connectivity index (χ0) is 28.0. The molecule has 5 rings (SSSR count). The molecular formula is C28H26N2O9. The van der Waals surface area contributed by atoms with Gasteiger partial charge in [0.05, 0.1) is 17.3 Å². The summed E-state index contributed by atoms with van der Waals surface area (Å²) in [4.78, 5) is 54.3. The van der Waals surface area contributed by atoms with Crippen molar-refractivity contribution in [3.05, 3.63) is 59.8 Å². The largest absolute Gasteiger partial charge is 0.505 e. The Hall–Kier alpha value is -4.51. The maximum Gasteiger partial charge on any atom is 0.303 e. The molecule has 11 heteroatoms. The van der Waals surface area contributed by atoms with E-state index in [1.807, 2.05) is 0 Å². The molecule has 0 spiro atoms. The number of aliphatic imine (C=N–C) groups is 1. The number of aromatic hydroxyl groups is 1. The van der Waals surface area contributed by atoms with E-state index in [0.717, 1.165) is 0 Å². The fourth-order valence-electron chi connectivity index (χ4n) is 5.16. The molecule has 0 unspecified atom stereocenters. The Balaban J connectivity index is 1.73. The molecule has 1 N–H and O–H groups in total. The van der Waals surface area contributed by atoms with Gasteiger partial charge in [0.1, 0.15) is 11.4 Å². The Morgan fingerprint density at radius 1 is 0.872 bits per heavy atom. The number of fused-ring (bicyclic) bond motifs is 2. The first-order valence-corrected chi connectivity index (χ1v) is 12.3. The zero-order valence-corrected chi connectivity index (χ0v) is 21.6. The van der Waals surface area contributed by atoms with Crippen molar-refractivity contribution >= 4 is 46.0 Å². The molecular weight excluding hydrogens is 508 g/mol. The molecule has 1 fully saturated rings. The molecule has 3 heterocycles. The van der Waals surface area contributed by atoms with Gasteiger partial charge in [0, 0.05) is 31.7 Å². The number of ether oxygens (including phenoxy) is 4. The maximum absolute atomic E-state index is 13.5. The van der Waals surface area contributed by atoms with Crippen LogP contribution in [0, 0.1) is 0 Å². The third-order valence-corrected chi connectivity index (χ3v) is 6.61. The van der Waals surface area contributed by atoms with Gasteiger partial charge in [-0.1, -0.05) is 24.3 Å². The molecule has 2 aromatic carbocycles. The zero-order valence-electron chi connectivity index (χ0n) is 21.6. The van der Waals surface area contributed by atoms with E-state index in [1.54, 1.807) is 55.5 Å². The summed E-state index contributed by atoms with van der Waals surface area (Å²) in [5.74, 6) is -2.71. The first-order chi connectivity index (χ1) is 18.6. The monoisotopic (exact) mass is 534 g/mol. The van der Waals surface area contributed by atoms with Crippen LogP contribution >= 0.6 is 0 Å². The maximum atomic E-state index is 13.5. The topological polar surface area (TPSA) is 143 Å². The molecule has 1 aromatic heterocycles. The summed E-state index contributed by atoms with van der Waals surface area (Å²) in [6, 6.07) is 13.6. The van der Waals surface area contributed by atoms with E-state index < -0.39 is 54.3 Å². The van der Waals surface area contributed by atoms with Gasteiger partial charge in [-0.15, -0.1) is 0 Å². The van der Waals surface area contributed by atoms with E-state index in [9.17, 15) is 24.3 Å². The van der Waals surface area contributed by atoms with Crippen LogP contribution in [-0.4, -0.2) is 63.5 Å². The normalized spacial score (nSPS) is 24.2. The Labute approximate surface area is 222 Å². The fourth-order valence-corrected chi connectivity index (χ4v) is 5.16. The molecule has 11 nitrogen and oxygen atoms in total. The standard InChI is InChI=1S/C28H26N2O9/c1-13-25(37-14(2)31)26(38-15(3)32)27(39-16(4)33)28(36-13)30-20-12-8-6-10-18(20)24(35)22(30)21-23(34)17-9-5-7-11-19(17)29-21/h5-13,25-28,35H,1-4H3/t13-,25-,26+,27+,28-/m0/s1. The average molecular weight is 535 g/mol. The molecule has 0 saturated carbocycles. The lowest BCUT2D eigenvalue weighted by Gasteiger charge is -2.44. The predicted octanol–water partition coefficient (Wildman–Crippen LogP) is 3.38. The van der Waals surface area contributed by atoms with Crippen LogP contribution in [-0.2, 0) is 33.3 Å². The van der Waals surface area contributed by atoms with Crippen LogP contribution in [0.1, 0.15) is 50.0 Å². The van der Waals surface area contributed by atoms with Crippen molar-refractivity contribution < 1.29 is 43.2 Å². The smallest absolute Gasteiger partial charge is 0.303 e. The first-order valence-electron chi connectivity index (χ1n) is 12.3. The van der Waals surface area contributed by atoms with Crippen LogP contribution in [0.3, 0.4) is 0 Å². The number of carbonyl (C=O) groups excluding carboxylic acids is 4. The number of esters is 3. The number of carbonyl (C=O) groups is 4. The van der Waals surface area contributed by atoms with Crippen molar-refractivity contribution in [1.82, 2.24) is 4.57 Å². The summed E-state index contributed by atoms with van der Waals surface area (Å²) in [5, 5.41) is 11.8. The molecule has 3 aromatic rings. The third-order valence-electron chi connectivity index (χ3n) is 6.61. The summed E-state index contributed by atoms with van der Waals surface area (Å²) < 4.78 is 24.4. The number of ketones is 1. The van der Waals surface area contributed by atoms with Crippen LogP contribution in [0.2, 0.25) is 0 Å².